The lowest BCUT2D eigenvalue weighted by Crippen LogP contribution is -2.64. The highest BCUT2D eigenvalue weighted by Crippen LogP contribution is 2.43. The summed E-state index contributed by atoms with van der Waals surface area (Å²) < 4.78 is 14.1. The number of amides is 2. The predicted molar refractivity (Wildman–Crippen MR) is 123 cm³/mol. The Bertz CT molecular complexity index is 1100. The number of likely N-dealkylation sites (N-methyl/N-ethyl adjacent to an activating group) is 1. The molecule has 1 aromatic carbocycles. The van der Waals surface area contributed by atoms with Gasteiger partial charge in [0.05, 0.1) is 16.4 Å². The zero-order valence-electron chi connectivity index (χ0n) is 19.1. The third-order valence-corrected chi connectivity index (χ3v) is 6.81. The van der Waals surface area contributed by atoms with E-state index in [0.717, 1.165) is 11.4 Å². The average Bonchev–Trinajstić information content (AvgIpc) is 3.02. The fourth-order valence-corrected chi connectivity index (χ4v) is 4.74. The third-order valence-electron chi connectivity index (χ3n) is 6.50. The topological polar surface area (TPSA) is 56.8 Å². The van der Waals surface area contributed by atoms with E-state index < -0.39 is 11.4 Å². The van der Waals surface area contributed by atoms with Crippen molar-refractivity contribution >= 4 is 34.8 Å². The zero-order chi connectivity index (χ0) is 23.4. The van der Waals surface area contributed by atoms with Crippen molar-refractivity contribution < 1.29 is 14.0 Å². The van der Waals surface area contributed by atoms with Crippen molar-refractivity contribution in [2.45, 2.75) is 45.6 Å². The van der Waals surface area contributed by atoms with Gasteiger partial charge in [-0.25, -0.2) is 9.37 Å². The molecule has 170 valence electrons. The molecule has 2 aromatic rings. The summed E-state index contributed by atoms with van der Waals surface area (Å²) in [6, 6.07) is 8.27. The van der Waals surface area contributed by atoms with Crippen molar-refractivity contribution in [3.63, 3.8) is 0 Å². The summed E-state index contributed by atoms with van der Waals surface area (Å²) in [4.78, 5) is 36.4. The van der Waals surface area contributed by atoms with E-state index in [2.05, 4.69) is 0 Å². The largest absolute Gasteiger partial charge is 0.339 e. The molecule has 2 amide bonds. The van der Waals surface area contributed by atoms with Gasteiger partial charge in [-0.05, 0) is 51.1 Å². The van der Waals surface area contributed by atoms with Crippen LogP contribution in [0.15, 0.2) is 30.3 Å². The van der Waals surface area contributed by atoms with Crippen LogP contribution in [-0.4, -0.2) is 58.3 Å². The molecule has 0 saturated carbocycles. The molecule has 0 aliphatic carbocycles. The van der Waals surface area contributed by atoms with E-state index in [9.17, 15) is 14.0 Å². The molecule has 0 radical (unpaired) electrons. The van der Waals surface area contributed by atoms with Crippen LogP contribution in [0.2, 0.25) is 5.02 Å². The van der Waals surface area contributed by atoms with E-state index in [-0.39, 0.29) is 22.3 Å². The van der Waals surface area contributed by atoms with Crippen molar-refractivity contribution in [1.82, 2.24) is 14.8 Å². The second kappa shape index (κ2) is 7.73. The molecule has 1 fully saturated rings. The Labute approximate surface area is 193 Å². The van der Waals surface area contributed by atoms with E-state index in [1.165, 1.54) is 12.1 Å². The molecule has 0 spiro atoms. The maximum absolute atomic E-state index is 14.1. The molecule has 0 unspecified atom stereocenters. The molecule has 3 heterocycles. The third kappa shape index (κ3) is 3.52. The maximum Gasteiger partial charge on any atom is 0.273 e. The highest BCUT2D eigenvalue weighted by molar-refractivity contribution is 6.30. The standard InChI is InChI=1S/C24H28ClFN4O2/c1-6-28-11-12-30(24(4,5)22(28)32)21(31)18-9-10-19-20(27-18)23(2,3)14-29(19)15-7-8-16(25)17(26)13-15/h7-10,13H,6,11-12,14H2,1-5H3. The number of carbonyl (C=O) groups is 2. The van der Waals surface area contributed by atoms with Crippen LogP contribution in [0.5, 0.6) is 0 Å². The fourth-order valence-electron chi connectivity index (χ4n) is 4.62. The van der Waals surface area contributed by atoms with Gasteiger partial charge in [0.1, 0.15) is 17.1 Å². The summed E-state index contributed by atoms with van der Waals surface area (Å²) in [7, 11) is 0. The summed E-state index contributed by atoms with van der Waals surface area (Å²) in [5.41, 5.74) is 1.31. The molecule has 1 aromatic heterocycles. The van der Waals surface area contributed by atoms with E-state index in [1.54, 1.807) is 35.8 Å². The Morgan fingerprint density at radius 3 is 2.53 bits per heavy atom. The molecule has 2 aliphatic heterocycles. The number of hydrogen-bond donors (Lipinski definition) is 0. The molecule has 0 N–H and O–H groups in total. The zero-order valence-corrected chi connectivity index (χ0v) is 19.8. The first kappa shape index (κ1) is 22.5. The normalized spacial score (nSPS) is 19.3. The van der Waals surface area contributed by atoms with Crippen LogP contribution in [-0.2, 0) is 10.2 Å². The molecular formula is C24H28ClFN4O2. The van der Waals surface area contributed by atoms with Gasteiger partial charge in [-0.2, -0.15) is 0 Å². The van der Waals surface area contributed by atoms with Gasteiger partial charge in [0, 0.05) is 37.3 Å². The van der Waals surface area contributed by atoms with E-state index in [4.69, 9.17) is 16.6 Å². The molecule has 1 saturated heterocycles. The predicted octanol–water partition coefficient (Wildman–Crippen LogP) is 4.39. The number of nitrogens with zero attached hydrogens (tertiary/aromatic N) is 4. The second-order valence-corrected chi connectivity index (χ2v) is 9.94. The van der Waals surface area contributed by atoms with Crippen molar-refractivity contribution in [1.29, 1.82) is 0 Å². The lowest BCUT2D eigenvalue weighted by atomic mass is 9.91. The molecular weight excluding hydrogens is 431 g/mol. The second-order valence-electron chi connectivity index (χ2n) is 9.53. The Morgan fingerprint density at radius 1 is 1.16 bits per heavy atom. The van der Waals surface area contributed by atoms with E-state index in [0.29, 0.717) is 37.6 Å². The van der Waals surface area contributed by atoms with E-state index in [1.807, 2.05) is 31.7 Å². The van der Waals surface area contributed by atoms with Gasteiger partial charge in [0.25, 0.3) is 5.91 Å². The Balaban J connectivity index is 1.68. The van der Waals surface area contributed by atoms with Gasteiger partial charge >= 0.3 is 0 Å². The van der Waals surface area contributed by atoms with Gasteiger partial charge in [0.2, 0.25) is 5.91 Å². The molecule has 8 heteroatoms. The number of piperazine rings is 1. The Hall–Kier alpha value is -2.67. The lowest BCUT2D eigenvalue weighted by molar-refractivity contribution is -0.146. The van der Waals surface area contributed by atoms with Crippen molar-refractivity contribution in [3.8, 4) is 0 Å². The summed E-state index contributed by atoms with van der Waals surface area (Å²) in [5, 5.41) is 0.0758. The molecule has 0 bridgehead atoms. The van der Waals surface area contributed by atoms with Crippen LogP contribution in [0, 0.1) is 5.82 Å². The highest BCUT2D eigenvalue weighted by Gasteiger charge is 2.45. The number of benzene rings is 1. The van der Waals surface area contributed by atoms with Crippen LogP contribution in [0.3, 0.4) is 0 Å². The Kier molecular flexibility index (Phi) is 5.44. The van der Waals surface area contributed by atoms with Crippen molar-refractivity contribution in [2.24, 2.45) is 0 Å². The minimum Gasteiger partial charge on any atom is -0.339 e. The van der Waals surface area contributed by atoms with Crippen molar-refractivity contribution in [2.75, 3.05) is 31.1 Å². The molecule has 32 heavy (non-hydrogen) atoms. The highest BCUT2D eigenvalue weighted by atomic mass is 35.5. The fraction of sp³-hybridized carbons (Fsp3) is 0.458. The number of anilines is 2. The van der Waals surface area contributed by atoms with Gasteiger partial charge in [-0.15, -0.1) is 0 Å². The minimum atomic E-state index is -0.936. The first-order valence-electron chi connectivity index (χ1n) is 10.8. The number of rotatable bonds is 3. The first-order chi connectivity index (χ1) is 15.0. The molecule has 4 rings (SSSR count). The van der Waals surface area contributed by atoms with E-state index >= 15 is 0 Å². The van der Waals surface area contributed by atoms with Gasteiger partial charge in [-0.1, -0.05) is 25.4 Å². The minimum absolute atomic E-state index is 0.0583. The van der Waals surface area contributed by atoms with Crippen LogP contribution in [0.1, 0.15) is 50.8 Å². The van der Waals surface area contributed by atoms with Crippen LogP contribution >= 0.6 is 11.6 Å². The van der Waals surface area contributed by atoms with Crippen molar-refractivity contribution in [3.05, 3.63) is 52.6 Å². The number of aromatic nitrogens is 1. The number of fused-ring (bicyclic) bond motifs is 1. The SMILES string of the molecule is CCN1CCN(C(=O)c2ccc3c(n2)C(C)(C)CN3c2ccc(Cl)c(F)c2)C(C)(C)C1=O. The molecule has 6 nitrogen and oxygen atoms in total. The molecule has 2 aliphatic rings. The van der Waals surface area contributed by atoms with Crippen LogP contribution in [0.25, 0.3) is 0 Å². The Morgan fingerprint density at radius 2 is 1.88 bits per heavy atom. The lowest BCUT2D eigenvalue weighted by Gasteiger charge is -2.45. The van der Waals surface area contributed by atoms with Crippen LogP contribution in [0.4, 0.5) is 15.8 Å². The quantitative estimate of drug-likeness (QED) is 0.684. The molecule has 0 atom stereocenters. The summed E-state index contributed by atoms with van der Waals surface area (Å²) in [5.74, 6) is -0.793. The first-order valence-corrected chi connectivity index (χ1v) is 11.2. The monoisotopic (exact) mass is 458 g/mol. The van der Waals surface area contributed by atoms with Gasteiger partial charge in [-0.3, -0.25) is 9.59 Å². The summed E-state index contributed by atoms with van der Waals surface area (Å²) >= 11 is 5.85. The number of hydrogen-bond acceptors (Lipinski definition) is 4. The van der Waals surface area contributed by atoms with Gasteiger partial charge < -0.3 is 14.7 Å². The average molecular weight is 459 g/mol. The maximum atomic E-state index is 14.1. The van der Waals surface area contributed by atoms with Gasteiger partial charge in [0.15, 0.2) is 0 Å². The summed E-state index contributed by atoms with van der Waals surface area (Å²) in [6.45, 7) is 11.8. The number of pyridine rings is 1. The number of halogens is 2. The van der Waals surface area contributed by atoms with Crippen LogP contribution < -0.4 is 4.90 Å². The smallest absolute Gasteiger partial charge is 0.273 e. The number of carbonyl (C=O) groups excluding carboxylic acids is 2. The summed E-state index contributed by atoms with van der Waals surface area (Å²) in [6.07, 6.45) is 0.